The number of furan rings is 1. The van der Waals surface area contributed by atoms with Crippen molar-refractivity contribution >= 4 is 46.0 Å². The number of rotatable bonds is 6. The number of benzene rings is 1. The van der Waals surface area contributed by atoms with Crippen molar-refractivity contribution in [3.8, 4) is 11.4 Å². The van der Waals surface area contributed by atoms with Gasteiger partial charge >= 0.3 is 0 Å². The van der Waals surface area contributed by atoms with Gasteiger partial charge in [0.05, 0.1) is 22.4 Å². The zero-order valence-electron chi connectivity index (χ0n) is 15.9. The maximum atomic E-state index is 13.0. The Hall–Kier alpha value is -3.76. The van der Waals surface area contributed by atoms with E-state index in [0.717, 1.165) is 6.07 Å². The molecule has 2 amide bonds. The molecule has 0 saturated heterocycles. The molecule has 4 rings (SSSR count). The van der Waals surface area contributed by atoms with Crippen LogP contribution in [0.2, 0.25) is 5.02 Å². The van der Waals surface area contributed by atoms with E-state index in [2.05, 4.69) is 30.0 Å². The monoisotopic (exact) mass is 442 g/mol. The first-order valence-corrected chi connectivity index (χ1v) is 9.53. The zero-order valence-corrected chi connectivity index (χ0v) is 16.7. The number of imidazole rings is 1. The van der Waals surface area contributed by atoms with Crippen LogP contribution in [0.5, 0.6) is 0 Å². The van der Waals surface area contributed by atoms with Crippen molar-refractivity contribution in [2.24, 2.45) is 5.73 Å². The zero-order chi connectivity index (χ0) is 22.0. The second kappa shape index (κ2) is 8.54. The molecule has 0 aliphatic carbocycles. The van der Waals surface area contributed by atoms with Crippen LogP contribution in [0.15, 0.2) is 47.0 Å². The predicted molar refractivity (Wildman–Crippen MR) is 113 cm³/mol. The van der Waals surface area contributed by atoms with E-state index in [0.29, 0.717) is 38.9 Å². The van der Waals surface area contributed by atoms with Gasteiger partial charge in [0.25, 0.3) is 11.9 Å². The lowest BCUT2D eigenvalue weighted by molar-refractivity contribution is -0.116. The van der Waals surface area contributed by atoms with E-state index in [1.165, 1.54) is 12.3 Å². The molecule has 0 spiro atoms. The van der Waals surface area contributed by atoms with Crippen LogP contribution >= 0.6 is 11.6 Å². The third kappa shape index (κ3) is 4.55. The molecule has 0 atom stereocenters. The fourth-order valence-corrected chi connectivity index (χ4v) is 3.07. The summed E-state index contributed by atoms with van der Waals surface area (Å²) in [6, 6.07) is 7.92. The summed E-state index contributed by atoms with van der Waals surface area (Å²) in [7, 11) is 0. The van der Waals surface area contributed by atoms with Crippen LogP contribution in [-0.2, 0) is 4.79 Å². The minimum absolute atomic E-state index is 0.161. The van der Waals surface area contributed by atoms with Crippen LogP contribution < -0.4 is 16.4 Å². The highest BCUT2D eigenvalue weighted by atomic mass is 35.5. The topological polar surface area (TPSA) is 139 Å². The van der Waals surface area contributed by atoms with E-state index in [4.69, 9.17) is 17.3 Å². The number of halogens is 2. The SMILES string of the molecule is NCCC(=O)Nc1cnc2nc(-c3cc(NC(=O)c4ccc(F)o4)ccc3Cl)[nH]c2c1. The summed E-state index contributed by atoms with van der Waals surface area (Å²) in [4.78, 5) is 35.7. The quantitative estimate of drug-likeness (QED) is 0.360. The second-order valence-corrected chi connectivity index (χ2v) is 6.93. The van der Waals surface area contributed by atoms with Gasteiger partial charge in [-0.15, -0.1) is 0 Å². The number of anilines is 2. The van der Waals surface area contributed by atoms with Gasteiger partial charge in [-0.2, -0.15) is 4.39 Å². The molecule has 11 heteroatoms. The first-order valence-electron chi connectivity index (χ1n) is 9.15. The van der Waals surface area contributed by atoms with Crippen molar-refractivity contribution < 1.29 is 18.4 Å². The van der Waals surface area contributed by atoms with Crippen LogP contribution in [0.1, 0.15) is 17.0 Å². The van der Waals surface area contributed by atoms with Gasteiger partial charge in [-0.1, -0.05) is 11.6 Å². The van der Waals surface area contributed by atoms with Crippen molar-refractivity contribution in [3.63, 3.8) is 0 Å². The van der Waals surface area contributed by atoms with Gasteiger partial charge in [0, 0.05) is 30.3 Å². The van der Waals surface area contributed by atoms with Crippen molar-refractivity contribution in [1.29, 1.82) is 0 Å². The van der Waals surface area contributed by atoms with Crippen molar-refractivity contribution in [3.05, 3.63) is 59.4 Å². The lowest BCUT2D eigenvalue weighted by atomic mass is 10.2. The lowest BCUT2D eigenvalue weighted by Crippen LogP contribution is -2.16. The van der Waals surface area contributed by atoms with Crippen LogP contribution in [0.4, 0.5) is 15.8 Å². The third-order valence-corrected chi connectivity index (χ3v) is 4.60. The molecular weight excluding hydrogens is 427 g/mol. The molecule has 0 bridgehead atoms. The molecule has 9 nitrogen and oxygen atoms in total. The fraction of sp³-hybridized carbons (Fsp3) is 0.100. The summed E-state index contributed by atoms with van der Waals surface area (Å²) in [6.07, 6.45) is 1.69. The summed E-state index contributed by atoms with van der Waals surface area (Å²) in [5.41, 5.74) is 7.80. The number of nitrogens with two attached hydrogens (primary N) is 1. The fourth-order valence-electron chi connectivity index (χ4n) is 2.86. The molecule has 0 saturated carbocycles. The Morgan fingerprint density at radius 1 is 1.16 bits per heavy atom. The maximum absolute atomic E-state index is 13.0. The second-order valence-electron chi connectivity index (χ2n) is 6.52. The molecule has 0 unspecified atom stereocenters. The highest BCUT2D eigenvalue weighted by Crippen LogP contribution is 2.30. The van der Waals surface area contributed by atoms with Crippen LogP contribution in [0.25, 0.3) is 22.6 Å². The minimum atomic E-state index is -0.852. The summed E-state index contributed by atoms with van der Waals surface area (Å²) in [5.74, 6) is -0.572. The average molecular weight is 443 g/mol. The smallest absolute Gasteiger partial charge is 0.291 e. The Morgan fingerprint density at radius 2 is 2.00 bits per heavy atom. The first kappa shape index (κ1) is 20.5. The van der Waals surface area contributed by atoms with E-state index in [1.807, 2.05) is 0 Å². The molecule has 0 aliphatic heterocycles. The normalized spacial score (nSPS) is 10.9. The number of aromatic nitrogens is 3. The highest BCUT2D eigenvalue weighted by molar-refractivity contribution is 6.33. The maximum Gasteiger partial charge on any atom is 0.291 e. The van der Waals surface area contributed by atoms with E-state index in [-0.39, 0.29) is 24.6 Å². The summed E-state index contributed by atoms with van der Waals surface area (Å²) in [6.45, 7) is 0.246. The van der Waals surface area contributed by atoms with Gasteiger partial charge in [-0.05, 0) is 30.3 Å². The van der Waals surface area contributed by atoms with Crippen LogP contribution in [0, 0.1) is 6.01 Å². The first-order chi connectivity index (χ1) is 14.9. The van der Waals surface area contributed by atoms with Gasteiger partial charge < -0.3 is 25.8 Å². The lowest BCUT2D eigenvalue weighted by Gasteiger charge is -2.07. The Labute approximate surface area is 179 Å². The number of aromatic amines is 1. The number of fused-ring (bicyclic) bond motifs is 1. The molecule has 0 aliphatic rings. The number of hydrogen-bond acceptors (Lipinski definition) is 6. The molecule has 5 N–H and O–H groups in total. The number of pyridine rings is 1. The Kier molecular flexibility index (Phi) is 5.65. The number of nitrogens with zero attached hydrogens (tertiary/aromatic N) is 2. The molecule has 0 radical (unpaired) electrons. The number of H-pyrrole nitrogens is 1. The van der Waals surface area contributed by atoms with Gasteiger partial charge in [0.1, 0.15) is 5.82 Å². The third-order valence-electron chi connectivity index (χ3n) is 4.27. The molecule has 3 aromatic heterocycles. The summed E-state index contributed by atoms with van der Waals surface area (Å²) >= 11 is 6.32. The standard InChI is InChI=1S/C20H16ClFN6O3/c21-13-2-1-10(26-20(30)15-3-4-16(22)31-15)7-12(13)18-27-14-8-11(9-24-19(14)28-18)25-17(29)5-6-23/h1-4,7-9H,5-6,23H2,(H,25,29)(H,26,30)(H,24,27,28). The van der Waals surface area contributed by atoms with E-state index in [1.54, 1.807) is 24.3 Å². The van der Waals surface area contributed by atoms with E-state index < -0.39 is 11.9 Å². The largest absolute Gasteiger partial charge is 0.426 e. The molecular formula is C20H16ClFN6O3. The summed E-state index contributed by atoms with van der Waals surface area (Å²) in [5, 5.41) is 5.70. The number of carbonyl (C=O) groups excluding carboxylic acids is 2. The molecule has 158 valence electrons. The molecule has 4 aromatic rings. The number of hydrogen-bond donors (Lipinski definition) is 4. The van der Waals surface area contributed by atoms with Gasteiger partial charge in [0.15, 0.2) is 11.4 Å². The van der Waals surface area contributed by atoms with E-state index in [9.17, 15) is 14.0 Å². The number of carbonyl (C=O) groups is 2. The van der Waals surface area contributed by atoms with E-state index >= 15 is 0 Å². The predicted octanol–water partition coefficient (Wildman–Crippen LogP) is 3.55. The minimum Gasteiger partial charge on any atom is -0.426 e. The van der Waals surface area contributed by atoms with Crippen LogP contribution in [0.3, 0.4) is 0 Å². The van der Waals surface area contributed by atoms with Gasteiger partial charge in [-0.3, -0.25) is 9.59 Å². The van der Waals surface area contributed by atoms with Crippen LogP contribution in [-0.4, -0.2) is 33.3 Å². The molecule has 3 heterocycles. The van der Waals surface area contributed by atoms with Crippen molar-refractivity contribution in [1.82, 2.24) is 15.0 Å². The van der Waals surface area contributed by atoms with Crippen molar-refractivity contribution in [2.45, 2.75) is 6.42 Å². The van der Waals surface area contributed by atoms with Crippen molar-refractivity contribution in [2.75, 3.05) is 17.2 Å². The Bertz CT molecular complexity index is 1290. The average Bonchev–Trinajstić information content (AvgIpc) is 3.35. The summed E-state index contributed by atoms with van der Waals surface area (Å²) < 4.78 is 17.7. The highest BCUT2D eigenvalue weighted by Gasteiger charge is 2.15. The number of nitrogens with one attached hydrogen (secondary N) is 3. The Balaban J connectivity index is 1.60. The Morgan fingerprint density at radius 3 is 2.74 bits per heavy atom. The molecule has 0 fully saturated rings. The molecule has 1 aromatic carbocycles. The van der Waals surface area contributed by atoms with Gasteiger partial charge in [0.2, 0.25) is 5.91 Å². The molecule has 31 heavy (non-hydrogen) atoms. The number of amides is 2. The van der Waals surface area contributed by atoms with Gasteiger partial charge in [-0.25, -0.2) is 9.97 Å².